The predicted octanol–water partition coefficient (Wildman–Crippen LogP) is 3.43. The van der Waals surface area contributed by atoms with Crippen LogP contribution in [0.3, 0.4) is 0 Å². The number of rotatable bonds is 5. The number of aromatic nitrogens is 1. The fourth-order valence-electron chi connectivity index (χ4n) is 3.43. The first-order valence-corrected chi connectivity index (χ1v) is 10.6. The Balaban J connectivity index is 1.41. The Kier molecular flexibility index (Phi) is 4.47. The summed E-state index contributed by atoms with van der Waals surface area (Å²) in [5.74, 6) is -0.0173. The van der Waals surface area contributed by atoms with Crippen LogP contribution in [0.1, 0.15) is 29.9 Å². The largest absolute Gasteiger partial charge is 0.441 e. The van der Waals surface area contributed by atoms with Gasteiger partial charge in [-0.2, -0.15) is 0 Å². The van der Waals surface area contributed by atoms with Crippen molar-refractivity contribution >= 4 is 32.5 Å². The van der Waals surface area contributed by atoms with Gasteiger partial charge in [-0.3, -0.25) is 4.79 Å². The summed E-state index contributed by atoms with van der Waals surface area (Å²) in [5.41, 5.74) is 4.19. The van der Waals surface area contributed by atoms with E-state index in [1.165, 1.54) is 5.56 Å². The Morgan fingerprint density at radius 1 is 1.15 bits per heavy atom. The van der Waals surface area contributed by atoms with Crippen molar-refractivity contribution in [3.05, 3.63) is 53.4 Å². The third-order valence-electron chi connectivity index (χ3n) is 4.81. The summed E-state index contributed by atoms with van der Waals surface area (Å²) < 4.78 is 30.5. The topological polar surface area (TPSA) is 89.3 Å². The number of benzene rings is 2. The van der Waals surface area contributed by atoms with Crippen molar-refractivity contribution in [2.24, 2.45) is 0 Å². The quantitative estimate of drug-likeness (QED) is 0.728. The third-order valence-corrected chi connectivity index (χ3v) is 6.52. The predicted molar refractivity (Wildman–Crippen MR) is 103 cm³/mol. The average Bonchev–Trinajstić information content (AvgIpc) is 3.24. The van der Waals surface area contributed by atoms with Gasteiger partial charge in [0.2, 0.25) is 5.91 Å². The molecular weight excluding hydrogens is 364 g/mol. The highest BCUT2D eigenvalue weighted by Gasteiger charge is 2.20. The van der Waals surface area contributed by atoms with Crippen molar-refractivity contribution in [3.63, 3.8) is 0 Å². The van der Waals surface area contributed by atoms with Gasteiger partial charge in [-0.25, -0.2) is 13.4 Å². The van der Waals surface area contributed by atoms with Crippen molar-refractivity contribution in [2.45, 2.75) is 37.5 Å². The number of aryl methyl sites for hydroxylation is 3. The molecule has 2 aromatic carbocycles. The lowest BCUT2D eigenvalue weighted by molar-refractivity contribution is -0.115. The van der Waals surface area contributed by atoms with Gasteiger partial charge >= 0.3 is 0 Å². The first-order valence-electron chi connectivity index (χ1n) is 8.92. The SMILES string of the molecule is Cc1nc2cc(NC(=O)CCS(=O)(=O)c3ccc4c(c3)CCC4)ccc2o1. The molecule has 0 saturated carbocycles. The number of oxazole rings is 1. The molecule has 0 radical (unpaired) electrons. The summed E-state index contributed by atoms with van der Waals surface area (Å²) in [6.07, 6.45) is 2.89. The number of hydrogen-bond donors (Lipinski definition) is 1. The van der Waals surface area contributed by atoms with E-state index in [0.717, 1.165) is 24.8 Å². The van der Waals surface area contributed by atoms with E-state index in [0.29, 0.717) is 27.6 Å². The van der Waals surface area contributed by atoms with Crippen LogP contribution in [0, 0.1) is 6.92 Å². The van der Waals surface area contributed by atoms with Crippen LogP contribution in [0.15, 0.2) is 45.7 Å². The van der Waals surface area contributed by atoms with E-state index in [4.69, 9.17) is 4.42 Å². The molecule has 0 fully saturated rings. The zero-order valence-corrected chi connectivity index (χ0v) is 15.8. The molecule has 6 nitrogen and oxygen atoms in total. The second-order valence-electron chi connectivity index (χ2n) is 6.82. The minimum Gasteiger partial charge on any atom is -0.441 e. The maximum absolute atomic E-state index is 12.6. The fraction of sp³-hybridized carbons (Fsp3) is 0.300. The van der Waals surface area contributed by atoms with E-state index in [1.807, 2.05) is 6.07 Å². The van der Waals surface area contributed by atoms with Crippen LogP contribution in [-0.4, -0.2) is 25.1 Å². The molecule has 140 valence electrons. The molecule has 0 spiro atoms. The molecule has 1 aliphatic rings. The maximum Gasteiger partial charge on any atom is 0.225 e. The van der Waals surface area contributed by atoms with E-state index in [2.05, 4.69) is 10.3 Å². The molecular formula is C20H20N2O4S. The summed E-state index contributed by atoms with van der Waals surface area (Å²) in [6, 6.07) is 10.4. The van der Waals surface area contributed by atoms with Crippen LogP contribution in [0.5, 0.6) is 0 Å². The van der Waals surface area contributed by atoms with E-state index < -0.39 is 9.84 Å². The smallest absolute Gasteiger partial charge is 0.225 e. The summed E-state index contributed by atoms with van der Waals surface area (Å²) in [4.78, 5) is 16.7. The van der Waals surface area contributed by atoms with Gasteiger partial charge in [0.05, 0.1) is 10.6 Å². The zero-order valence-electron chi connectivity index (χ0n) is 15.0. The lowest BCUT2D eigenvalue weighted by Gasteiger charge is -2.08. The summed E-state index contributed by atoms with van der Waals surface area (Å²) >= 11 is 0. The maximum atomic E-state index is 12.6. The molecule has 0 atom stereocenters. The molecule has 1 amide bonds. The first kappa shape index (κ1) is 17.7. The van der Waals surface area contributed by atoms with Crippen LogP contribution >= 0.6 is 0 Å². The Morgan fingerprint density at radius 3 is 2.81 bits per heavy atom. The Morgan fingerprint density at radius 2 is 1.96 bits per heavy atom. The second kappa shape index (κ2) is 6.81. The number of fused-ring (bicyclic) bond motifs is 2. The Labute approximate surface area is 157 Å². The summed E-state index contributed by atoms with van der Waals surface area (Å²) in [5, 5.41) is 2.72. The minimum atomic E-state index is -3.49. The van der Waals surface area contributed by atoms with Gasteiger partial charge in [-0.05, 0) is 60.7 Å². The highest BCUT2D eigenvalue weighted by molar-refractivity contribution is 7.91. The summed E-state index contributed by atoms with van der Waals surface area (Å²) in [6.45, 7) is 1.75. The average molecular weight is 384 g/mol. The van der Waals surface area contributed by atoms with Gasteiger partial charge in [-0.15, -0.1) is 0 Å². The molecule has 0 bridgehead atoms. The van der Waals surface area contributed by atoms with E-state index in [9.17, 15) is 13.2 Å². The van der Waals surface area contributed by atoms with Gasteiger partial charge in [0.1, 0.15) is 5.52 Å². The standard InChI is InChI=1S/C20H20N2O4S/c1-13-21-18-12-16(6-8-19(18)26-13)22-20(23)9-10-27(24,25)17-7-5-14-3-2-4-15(14)11-17/h5-8,11-12H,2-4,9-10H2,1H3,(H,22,23). The lowest BCUT2D eigenvalue weighted by atomic mass is 10.1. The van der Waals surface area contributed by atoms with Crippen molar-refractivity contribution in [1.82, 2.24) is 4.98 Å². The fourth-order valence-corrected chi connectivity index (χ4v) is 4.72. The third kappa shape index (κ3) is 3.73. The number of nitrogens with one attached hydrogen (secondary N) is 1. The molecule has 27 heavy (non-hydrogen) atoms. The van der Waals surface area contributed by atoms with Gasteiger partial charge < -0.3 is 9.73 Å². The van der Waals surface area contributed by atoms with E-state index >= 15 is 0 Å². The van der Waals surface area contributed by atoms with Gasteiger partial charge in [0.25, 0.3) is 0 Å². The molecule has 1 N–H and O–H groups in total. The molecule has 0 unspecified atom stereocenters. The normalized spacial score (nSPS) is 13.7. The monoisotopic (exact) mass is 384 g/mol. The lowest BCUT2D eigenvalue weighted by Crippen LogP contribution is -2.17. The number of hydrogen-bond acceptors (Lipinski definition) is 5. The van der Waals surface area contributed by atoms with Crippen LogP contribution in [0.25, 0.3) is 11.1 Å². The minimum absolute atomic E-state index is 0.102. The number of amides is 1. The molecule has 4 rings (SSSR count). The molecule has 0 saturated heterocycles. The van der Waals surface area contributed by atoms with Crippen molar-refractivity contribution in [3.8, 4) is 0 Å². The van der Waals surface area contributed by atoms with Crippen molar-refractivity contribution in [1.29, 1.82) is 0 Å². The van der Waals surface area contributed by atoms with Crippen molar-refractivity contribution < 1.29 is 17.6 Å². The first-order chi connectivity index (χ1) is 12.9. The van der Waals surface area contributed by atoms with E-state index in [-0.39, 0.29) is 18.1 Å². The molecule has 1 aliphatic carbocycles. The molecule has 1 heterocycles. The van der Waals surface area contributed by atoms with Crippen LogP contribution < -0.4 is 5.32 Å². The van der Waals surface area contributed by atoms with Gasteiger partial charge in [0.15, 0.2) is 21.3 Å². The number of carbonyl (C=O) groups excluding carboxylic acids is 1. The number of carbonyl (C=O) groups is 1. The number of sulfone groups is 1. The Hall–Kier alpha value is -2.67. The molecule has 0 aliphatic heterocycles. The summed E-state index contributed by atoms with van der Waals surface area (Å²) in [7, 11) is -3.49. The van der Waals surface area contributed by atoms with E-state index in [1.54, 1.807) is 37.3 Å². The van der Waals surface area contributed by atoms with Gasteiger partial charge in [0, 0.05) is 19.0 Å². The number of nitrogens with zero attached hydrogens (tertiary/aromatic N) is 1. The molecule has 3 aromatic rings. The second-order valence-corrected chi connectivity index (χ2v) is 8.93. The number of anilines is 1. The zero-order chi connectivity index (χ0) is 19.0. The van der Waals surface area contributed by atoms with Crippen LogP contribution in [-0.2, 0) is 27.5 Å². The Bertz CT molecular complexity index is 1130. The molecule has 1 aromatic heterocycles. The van der Waals surface area contributed by atoms with Crippen molar-refractivity contribution in [2.75, 3.05) is 11.1 Å². The van der Waals surface area contributed by atoms with Crippen LogP contribution in [0.4, 0.5) is 5.69 Å². The highest BCUT2D eigenvalue weighted by Crippen LogP contribution is 2.25. The van der Waals surface area contributed by atoms with Gasteiger partial charge in [-0.1, -0.05) is 6.07 Å². The highest BCUT2D eigenvalue weighted by atomic mass is 32.2. The van der Waals surface area contributed by atoms with Crippen LogP contribution in [0.2, 0.25) is 0 Å². The molecule has 7 heteroatoms.